The summed E-state index contributed by atoms with van der Waals surface area (Å²) in [5, 5.41) is 9.67. The van der Waals surface area contributed by atoms with E-state index in [0.29, 0.717) is 6.61 Å². The van der Waals surface area contributed by atoms with Crippen LogP contribution >= 0.6 is 27.3 Å². The van der Waals surface area contributed by atoms with Crippen LogP contribution in [0.15, 0.2) is 4.47 Å². The van der Waals surface area contributed by atoms with Crippen molar-refractivity contribution in [2.75, 3.05) is 13.2 Å². The van der Waals surface area contributed by atoms with Crippen molar-refractivity contribution in [3.8, 4) is 0 Å². The molecule has 0 spiro atoms. The highest BCUT2D eigenvalue weighted by Crippen LogP contribution is 2.39. The van der Waals surface area contributed by atoms with Crippen LogP contribution in [0.25, 0.3) is 0 Å². The van der Waals surface area contributed by atoms with Crippen LogP contribution in [0.3, 0.4) is 0 Å². The van der Waals surface area contributed by atoms with Crippen molar-refractivity contribution in [2.45, 2.75) is 19.1 Å². The minimum Gasteiger partial charge on any atom is -0.386 e. The molecule has 1 unspecified atom stereocenters. The maximum atomic E-state index is 9.67. The van der Waals surface area contributed by atoms with Gasteiger partial charge in [-0.2, -0.15) is 0 Å². The summed E-state index contributed by atoms with van der Waals surface area (Å²) in [5.74, 6) is 0. The van der Waals surface area contributed by atoms with Gasteiger partial charge in [-0.05, 0) is 15.9 Å². The summed E-state index contributed by atoms with van der Waals surface area (Å²) < 4.78 is 6.35. The second-order valence-electron chi connectivity index (χ2n) is 3.24. The van der Waals surface area contributed by atoms with Gasteiger partial charge in [0.15, 0.2) is 0 Å². The lowest BCUT2D eigenvalue weighted by atomic mass is 10.1. The lowest BCUT2D eigenvalue weighted by Gasteiger charge is -2.11. The molecule has 1 atom stereocenters. The van der Waals surface area contributed by atoms with E-state index in [2.05, 4.69) is 15.9 Å². The molecule has 78 valence electrons. The molecule has 3 nitrogen and oxygen atoms in total. The number of ether oxygens (including phenoxy) is 1. The van der Waals surface area contributed by atoms with Gasteiger partial charge in [-0.15, -0.1) is 11.3 Å². The van der Waals surface area contributed by atoms with Crippen molar-refractivity contribution >= 4 is 27.3 Å². The van der Waals surface area contributed by atoms with Crippen molar-refractivity contribution < 1.29 is 9.84 Å². The van der Waals surface area contributed by atoms with Crippen LogP contribution < -0.4 is 5.73 Å². The Morgan fingerprint density at radius 1 is 1.64 bits per heavy atom. The molecule has 2 heterocycles. The second-order valence-corrected chi connectivity index (χ2v) is 5.17. The van der Waals surface area contributed by atoms with E-state index >= 15 is 0 Å². The van der Waals surface area contributed by atoms with Crippen LogP contribution in [0.5, 0.6) is 0 Å². The first-order chi connectivity index (χ1) is 6.74. The molecular formula is C9H12BrNO2S. The zero-order valence-corrected chi connectivity index (χ0v) is 10.0. The molecular weight excluding hydrogens is 266 g/mol. The molecule has 0 aromatic carbocycles. The number of halogens is 1. The van der Waals surface area contributed by atoms with Gasteiger partial charge in [-0.3, -0.25) is 0 Å². The fraction of sp³-hybridized carbons (Fsp3) is 0.556. The molecule has 0 radical (unpaired) electrons. The summed E-state index contributed by atoms with van der Waals surface area (Å²) in [4.78, 5) is 2.24. The van der Waals surface area contributed by atoms with Gasteiger partial charge in [-0.1, -0.05) is 0 Å². The quantitative estimate of drug-likeness (QED) is 0.863. The fourth-order valence-corrected chi connectivity index (χ4v) is 3.69. The first-order valence-corrected chi connectivity index (χ1v) is 6.10. The molecule has 1 aliphatic rings. The van der Waals surface area contributed by atoms with Gasteiger partial charge < -0.3 is 15.6 Å². The number of aliphatic hydroxyl groups excluding tert-OH is 1. The van der Waals surface area contributed by atoms with Crippen molar-refractivity contribution in [2.24, 2.45) is 5.73 Å². The van der Waals surface area contributed by atoms with Crippen LogP contribution in [-0.4, -0.2) is 18.3 Å². The topological polar surface area (TPSA) is 55.5 Å². The van der Waals surface area contributed by atoms with Crippen LogP contribution in [0.1, 0.15) is 21.4 Å². The lowest BCUT2D eigenvalue weighted by Crippen LogP contribution is -2.10. The first-order valence-electron chi connectivity index (χ1n) is 4.50. The summed E-state index contributed by atoms with van der Waals surface area (Å²) >= 11 is 5.13. The molecule has 2 rings (SSSR count). The molecule has 1 aliphatic heterocycles. The minimum absolute atomic E-state index is 0.263. The highest BCUT2D eigenvalue weighted by atomic mass is 79.9. The summed E-state index contributed by atoms with van der Waals surface area (Å²) in [5.41, 5.74) is 6.62. The Hall–Kier alpha value is 0.0600. The predicted molar refractivity (Wildman–Crippen MR) is 59.4 cm³/mol. The predicted octanol–water partition coefficient (Wildman–Crippen LogP) is 1.58. The van der Waals surface area contributed by atoms with Crippen molar-refractivity contribution in [1.82, 2.24) is 0 Å². The Bertz CT molecular complexity index is 340. The summed E-state index contributed by atoms with van der Waals surface area (Å²) in [6.07, 6.45) is 0.385. The average Bonchev–Trinajstić information content (AvgIpc) is 2.56. The van der Waals surface area contributed by atoms with Crippen LogP contribution in [0, 0.1) is 0 Å². The smallest absolute Gasteiger partial charge is 0.101 e. The molecule has 0 saturated carbocycles. The van der Waals surface area contributed by atoms with Gasteiger partial charge in [0, 0.05) is 32.8 Å². The maximum Gasteiger partial charge on any atom is 0.101 e. The van der Waals surface area contributed by atoms with E-state index in [-0.39, 0.29) is 6.54 Å². The van der Waals surface area contributed by atoms with Crippen LogP contribution in [0.2, 0.25) is 0 Å². The number of rotatable bonds is 2. The summed E-state index contributed by atoms with van der Waals surface area (Å²) in [6.45, 7) is 1.68. The number of hydrogen-bond acceptors (Lipinski definition) is 4. The van der Waals surface area contributed by atoms with E-state index in [1.807, 2.05) is 0 Å². The molecule has 0 amide bonds. The Morgan fingerprint density at radius 3 is 3.07 bits per heavy atom. The molecule has 1 aromatic heterocycles. The highest BCUT2D eigenvalue weighted by Gasteiger charge is 2.22. The average molecular weight is 278 g/mol. The summed E-state index contributed by atoms with van der Waals surface area (Å²) in [7, 11) is 0. The molecule has 3 N–H and O–H groups in total. The third-order valence-electron chi connectivity index (χ3n) is 2.30. The molecule has 5 heteroatoms. The SMILES string of the molecule is NCC(O)c1sc2c(c1Br)COCC2. The van der Waals surface area contributed by atoms with Gasteiger partial charge in [0.2, 0.25) is 0 Å². The third kappa shape index (κ3) is 1.75. The highest BCUT2D eigenvalue weighted by molar-refractivity contribution is 9.10. The second kappa shape index (κ2) is 4.28. The molecule has 0 fully saturated rings. The van der Waals surface area contributed by atoms with Gasteiger partial charge >= 0.3 is 0 Å². The van der Waals surface area contributed by atoms with E-state index in [1.165, 1.54) is 10.4 Å². The minimum atomic E-state index is -0.556. The maximum absolute atomic E-state index is 9.67. The monoisotopic (exact) mass is 277 g/mol. The van der Waals surface area contributed by atoms with E-state index in [4.69, 9.17) is 10.5 Å². The van der Waals surface area contributed by atoms with Crippen LogP contribution in [0.4, 0.5) is 0 Å². The molecule has 0 aliphatic carbocycles. The Balaban J connectivity index is 2.38. The Kier molecular flexibility index (Phi) is 3.23. The standard InChI is InChI=1S/C9H12BrNO2S/c10-8-5-4-13-2-1-7(5)14-9(8)6(12)3-11/h6,12H,1-4,11H2. The number of hydrogen-bond donors (Lipinski definition) is 2. The zero-order valence-electron chi connectivity index (χ0n) is 7.62. The van der Waals surface area contributed by atoms with E-state index < -0.39 is 6.10 Å². The fourth-order valence-electron chi connectivity index (χ4n) is 1.52. The van der Waals surface area contributed by atoms with Crippen molar-refractivity contribution in [1.29, 1.82) is 0 Å². The van der Waals surface area contributed by atoms with Gasteiger partial charge in [0.05, 0.1) is 13.2 Å². The van der Waals surface area contributed by atoms with Crippen molar-refractivity contribution in [3.63, 3.8) is 0 Å². The molecule has 0 saturated heterocycles. The van der Waals surface area contributed by atoms with E-state index in [9.17, 15) is 5.11 Å². The Labute approximate surface area is 95.0 Å². The normalized spacial score (nSPS) is 17.9. The number of fused-ring (bicyclic) bond motifs is 1. The molecule has 1 aromatic rings. The van der Waals surface area contributed by atoms with E-state index in [0.717, 1.165) is 22.4 Å². The molecule has 0 bridgehead atoms. The van der Waals surface area contributed by atoms with Gasteiger partial charge in [0.25, 0.3) is 0 Å². The number of nitrogens with two attached hydrogens (primary N) is 1. The summed E-state index contributed by atoms with van der Waals surface area (Å²) in [6, 6.07) is 0. The lowest BCUT2D eigenvalue weighted by molar-refractivity contribution is 0.111. The molecule has 14 heavy (non-hydrogen) atoms. The zero-order chi connectivity index (χ0) is 10.1. The van der Waals surface area contributed by atoms with Crippen LogP contribution in [-0.2, 0) is 17.8 Å². The number of thiophene rings is 1. The van der Waals surface area contributed by atoms with Crippen molar-refractivity contribution in [3.05, 3.63) is 19.8 Å². The van der Waals surface area contributed by atoms with Gasteiger partial charge in [0.1, 0.15) is 6.10 Å². The van der Waals surface area contributed by atoms with Gasteiger partial charge in [-0.25, -0.2) is 0 Å². The first kappa shape index (κ1) is 10.6. The third-order valence-corrected chi connectivity index (χ3v) is 4.86. The largest absolute Gasteiger partial charge is 0.386 e. The van der Waals surface area contributed by atoms with E-state index in [1.54, 1.807) is 11.3 Å². The number of aliphatic hydroxyl groups is 1. The Morgan fingerprint density at radius 2 is 2.43 bits per heavy atom.